The maximum Gasteiger partial charge on any atom is 0.417 e. The number of hydrogen-bond donors (Lipinski definition) is 0. The fraction of sp³-hybridized carbons (Fsp3) is 0.458. The lowest BCUT2D eigenvalue weighted by Crippen LogP contribution is -2.51. The van der Waals surface area contributed by atoms with Crippen molar-refractivity contribution in [2.24, 2.45) is 11.3 Å². The zero-order chi connectivity index (χ0) is 23.6. The van der Waals surface area contributed by atoms with Crippen LogP contribution in [0.15, 0.2) is 42.7 Å². The molecule has 0 saturated carbocycles. The number of methoxy groups -OCH3 is 1. The van der Waals surface area contributed by atoms with Crippen LogP contribution in [0.4, 0.5) is 18.9 Å². The molecule has 2 aromatic rings. The van der Waals surface area contributed by atoms with Crippen LogP contribution >= 0.6 is 0 Å². The monoisotopic (exact) mass is 458 g/mol. The van der Waals surface area contributed by atoms with Crippen molar-refractivity contribution < 1.29 is 22.7 Å². The summed E-state index contributed by atoms with van der Waals surface area (Å²) in [6.07, 6.45) is -0.282. The van der Waals surface area contributed by atoms with Crippen molar-refractivity contribution in [2.75, 3.05) is 44.8 Å². The van der Waals surface area contributed by atoms with Gasteiger partial charge in [0.2, 0.25) is 5.91 Å². The quantitative estimate of drug-likeness (QED) is 0.686. The minimum Gasteiger partial charge on any atom is -0.384 e. The highest BCUT2D eigenvalue weighted by molar-refractivity contribution is 5.79. The lowest BCUT2D eigenvalue weighted by atomic mass is 9.73. The Morgan fingerprint density at radius 3 is 2.70 bits per heavy atom. The van der Waals surface area contributed by atoms with E-state index in [4.69, 9.17) is 10.00 Å². The highest BCUT2D eigenvalue weighted by atomic mass is 19.4. The average Bonchev–Trinajstić information content (AvgIpc) is 3.17. The normalized spacial score (nSPS) is 22.7. The number of halogens is 3. The van der Waals surface area contributed by atoms with E-state index in [2.05, 4.69) is 4.98 Å². The summed E-state index contributed by atoms with van der Waals surface area (Å²) < 4.78 is 45.9. The number of amides is 1. The molecule has 2 aliphatic rings. The molecule has 33 heavy (non-hydrogen) atoms. The number of nitriles is 1. The van der Waals surface area contributed by atoms with Gasteiger partial charge in [-0.1, -0.05) is 0 Å². The number of likely N-dealkylation sites (tertiary alicyclic amines) is 1. The van der Waals surface area contributed by atoms with Crippen LogP contribution in [0.25, 0.3) is 0 Å². The number of anilines is 1. The Kier molecular flexibility index (Phi) is 6.30. The summed E-state index contributed by atoms with van der Waals surface area (Å²) >= 11 is 0. The Labute approximate surface area is 190 Å². The van der Waals surface area contributed by atoms with E-state index in [0.29, 0.717) is 51.3 Å². The second-order valence-corrected chi connectivity index (χ2v) is 8.83. The van der Waals surface area contributed by atoms with Crippen molar-refractivity contribution in [2.45, 2.75) is 19.0 Å². The first-order valence-electron chi connectivity index (χ1n) is 10.8. The molecule has 2 saturated heterocycles. The van der Waals surface area contributed by atoms with E-state index in [1.54, 1.807) is 31.6 Å². The van der Waals surface area contributed by atoms with Gasteiger partial charge in [0.1, 0.15) is 0 Å². The van der Waals surface area contributed by atoms with Gasteiger partial charge in [-0.25, -0.2) is 0 Å². The second kappa shape index (κ2) is 9.02. The lowest BCUT2D eigenvalue weighted by molar-refractivity contribution is -0.138. The molecular formula is C24H25F3N4O2. The maximum absolute atomic E-state index is 13.5. The predicted octanol–water partition coefficient (Wildman–Crippen LogP) is 3.52. The molecule has 0 spiro atoms. The Morgan fingerprint density at radius 1 is 1.27 bits per heavy atom. The van der Waals surface area contributed by atoms with E-state index >= 15 is 0 Å². The minimum absolute atomic E-state index is 0.0309. The Balaban J connectivity index is 1.54. The molecule has 0 bridgehead atoms. The molecule has 2 aliphatic heterocycles. The molecule has 6 nitrogen and oxygen atoms in total. The number of aromatic nitrogens is 1. The molecule has 1 amide bonds. The predicted molar refractivity (Wildman–Crippen MR) is 115 cm³/mol. The van der Waals surface area contributed by atoms with Crippen LogP contribution in [0.1, 0.15) is 23.1 Å². The van der Waals surface area contributed by atoms with Crippen LogP contribution in [0.2, 0.25) is 0 Å². The number of alkyl halides is 3. The number of nitrogens with zero attached hydrogens (tertiary/aromatic N) is 4. The Hall–Kier alpha value is -3.12. The smallest absolute Gasteiger partial charge is 0.384 e. The molecule has 2 fully saturated rings. The molecule has 0 aliphatic carbocycles. The van der Waals surface area contributed by atoms with Gasteiger partial charge in [0.15, 0.2) is 0 Å². The highest BCUT2D eigenvalue weighted by Crippen LogP contribution is 2.45. The molecule has 0 N–H and O–H groups in total. The van der Waals surface area contributed by atoms with Crippen molar-refractivity contribution in [1.29, 1.82) is 5.26 Å². The van der Waals surface area contributed by atoms with Crippen molar-refractivity contribution in [1.82, 2.24) is 9.88 Å². The van der Waals surface area contributed by atoms with E-state index in [0.717, 1.165) is 11.6 Å². The molecule has 3 heterocycles. The van der Waals surface area contributed by atoms with Gasteiger partial charge in [-0.2, -0.15) is 18.4 Å². The first-order valence-corrected chi connectivity index (χ1v) is 10.8. The fourth-order valence-corrected chi connectivity index (χ4v) is 5.08. The Morgan fingerprint density at radius 2 is 2.03 bits per heavy atom. The van der Waals surface area contributed by atoms with Crippen LogP contribution in [0, 0.1) is 22.7 Å². The third kappa shape index (κ3) is 4.67. The third-order valence-electron chi connectivity index (χ3n) is 6.82. The molecular weight excluding hydrogens is 433 g/mol. The topological polar surface area (TPSA) is 69.5 Å². The van der Waals surface area contributed by atoms with E-state index in [-0.39, 0.29) is 22.8 Å². The summed E-state index contributed by atoms with van der Waals surface area (Å²) in [7, 11) is 1.62. The Bertz CT molecular complexity index is 1050. The fourth-order valence-electron chi connectivity index (χ4n) is 5.08. The molecule has 0 unspecified atom stereocenters. The summed E-state index contributed by atoms with van der Waals surface area (Å²) in [4.78, 5) is 20.7. The van der Waals surface area contributed by atoms with E-state index in [1.165, 1.54) is 6.07 Å². The van der Waals surface area contributed by atoms with Crippen molar-refractivity contribution in [3.05, 3.63) is 59.4 Å². The minimum atomic E-state index is -4.60. The van der Waals surface area contributed by atoms with Gasteiger partial charge >= 0.3 is 6.18 Å². The molecule has 1 aromatic carbocycles. The SMILES string of the molecule is COC[C@@]12CCN(C(=O)Cc3ccncc3)C[C@@H]1CN(c1ccc(C#N)c(C(F)(F)F)c1)C2. The summed E-state index contributed by atoms with van der Waals surface area (Å²) in [6, 6.07) is 9.12. The van der Waals surface area contributed by atoms with E-state index < -0.39 is 11.7 Å². The summed E-state index contributed by atoms with van der Waals surface area (Å²) in [5, 5.41) is 9.08. The molecule has 4 rings (SSSR count). The number of fused-ring (bicyclic) bond motifs is 1. The van der Waals surface area contributed by atoms with E-state index in [1.807, 2.05) is 21.9 Å². The number of hydrogen-bond acceptors (Lipinski definition) is 5. The zero-order valence-corrected chi connectivity index (χ0v) is 18.3. The highest BCUT2D eigenvalue weighted by Gasteiger charge is 2.50. The van der Waals surface area contributed by atoms with Crippen LogP contribution in [-0.2, 0) is 22.1 Å². The van der Waals surface area contributed by atoms with Crippen molar-refractivity contribution >= 4 is 11.6 Å². The van der Waals surface area contributed by atoms with Gasteiger partial charge in [-0.05, 0) is 42.3 Å². The van der Waals surface area contributed by atoms with Crippen LogP contribution < -0.4 is 4.90 Å². The number of piperidine rings is 1. The molecule has 174 valence electrons. The number of carbonyl (C=O) groups excluding carboxylic acids is 1. The average molecular weight is 458 g/mol. The van der Waals surface area contributed by atoms with E-state index in [9.17, 15) is 18.0 Å². The van der Waals surface area contributed by atoms with Gasteiger partial charge < -0.3 is 14.5 Å². The largest absolute Gasteiger partial charge is 0.417 e. The number of pyridine rings is 1. The number of carbonyl (C=O) groups is 1. The standard InChI is InChI=1S/C24H25F3N4O2/c1-33-16-23-6-9-30(22(32)10-17-4-7-29-8-5-17)13-19(23)14-31(15-23)20-3-2-18(12-28)21(11-20)24(25,26)27/h2-5,7-8,11,19H,6,9-10,13-16H2,1H3/t19-,23+/m1/s1. The molecule has 9 heteroatoms. The van der Waals surface area contributed by atoms with Gasteiger partial charge in [0.25, 0.3) is 0 Å². The van der Waals surface area contributed by atoms with Gasteiger partial charge in [-0.3, -0.25) is 9.78 Å². The second-order valence-electron chi connectivity index (χ2n) is 8.83. The lowest BCUT2D eigenvalue weighted by Gasteiger charge is -2.43. The summed E-state index contributed by atoms with van der Waals surface area (Å²) in [6.45, 7) is 2.65. The molecule has 1 aromatic heterocycles. The third-order valence-corrected chi connectivity index (χ3v) is 6.82. The van der Waals surface area contributed by atoms with Gasteiger partial charge in [-0.15, -0.1) is 0 Å². The molecule has 0 radical (unpaired) electrons. The number of rotatable bonds is 5. The first kappa shape index (κ1) is 23.1. The van der Waals surface area contributed by atoms with Crippen LogP contribution in [-0.4, -0.2) is 55.7 Å². The summed E-state index contributed by atoms with van der Waals surface area (Å²) in [5.74, 6) is 0.0981. The zero-order valence-electron chi connectivity index (χ0n) is 18.3. The van der Waals surface area contributed by atoms with Crippen molar-refractivity contribution in [3.8, 4) is 6.07 Å². The number of benzene rings is 1. The number of ether oxygens (including phenoxy) is 1. The van der Waals surface area contributed by atoms with Gasteiger partial charge in [0.05, 0.1) is 30.2 Å². The van der Waals surface area contributed by atoms with Crippen molar-refractivity contribution in [3.63, 3.8) is 0 Å². The van der Waals surface area contributed by atoms with Crippen LogP contribution in [0.5, 0.6) is 0 Å². The summed E-state index contributed by atoms with van der Waals surface area (Å²) in [5.41, 5.74) is -0.223. The maximum atomic E-state index is 13.5. The van der Waals surface area contributed by atoms with Gasteiger partial charge in [0, 0.05) is 62.7 Å². The van der Waals surface area contributed by atoms with Crippen LogP contribution in [0.3, 0.4) is 0 Å². The first-order chi connectivity index (χ1) is 15.8. The molecule has 2 atom stereocenters.